The Hall–Kier alpha value is -0.490. The van der Waals surface area contributed by atoms with Crippen molar-refractivity contribution in [1.29, 1.82) is 0 Å². The summed E-state index contributed by atoms with van der Waals surface area (Å²) in [4.78, 5) is 0. The predicted molar refractivity (Wildman–Crippen MR) is 66.5 cm³/mol. The number of halogens is 1. The maximum absolute atomic E-state index is 6.08. The van der Waals surface area contributed by atoms with Crippen molar-refractivity contribution >= 4 is 11.6 Å². The van der Waals surface area contributed by atoms with Crippen LogP contribution in [0.2, 0.25) is 0 Å². The Labute approximate surface area is 97.6 Å². The normalized spacial score (nSPS) is 19.3. The van der Waals surface area contributed by atoms with Gasteiger partial charge in [-0.3, -0.25) is 0 Å². The molecule has 0 heterocycles. The Bertz CT molecular complexity index is 275. The van der Waals surface area contributed by atoms with E-state index in [4.69, 9.17) is 11.6 Å². The van der Waals surface area contributed by atoms with Crippen molar-refractivity contribution in [1.82, 2.24) is 0 Å². The topological polar surface area (TPSA) is 0 Å². The lowest BCUT2D eigenvalue weighted by atomic mass is 9.89. The molecular formula is C14H19Cl. The number of benzene rings is 1. The van der Waals surface area contributed by atoms with E-state index < -0.39 is 0 Å². The van der Waals surface area contributed by atoms with Crippen LogP contribution >= 0.6 is 11.6 Å². The van der Waals surface area contributed by atoms with Gasteiger partial charge in [-0.2, -0.15) is 0 Å². The quantitative estimate of drug-likeness (QED) is 0.654. The molecule has 1 aromatic rings. The lowest BCUT2D eigenvalue weighted by Gasteiger charge is -2.18. The standard InChI is InChI=1S/C14H19Cl/c15-11-14(10-12-6-4-5-7-12)13-8-2-1-3-9-13/h1-3,8-9,12,14H,4-7,10-11H2. The third kappa shape index (κ3) is 2.98. The summed E-state index contributed by atoms with van der Waals surface area (Å²) in [7, 11) is 0. The van der Waals surface area contributed by atoms with Crippen LogP contribution in [0.1, 0.15) is 43.6 Å². The van der Waals surface area contributed by atoms with E-state index in [-0.39, 0.29) is 0 Å². The molecule has 1 fully saturated rings. The highest BCUT2D eigenvalue weighted by Gasteiger charge is 2.20. The highest BCUT2D eigenvalue weighted by molar-refractivity contribution is 6.18. The van der Waals surface area contributed by atoms with E-state index in [1.807, 2.05) is 0 Å². The van der Waals surface area contributed by atoms with Crippen LogP contribution in [0.4, 0.5) is 0 Å². The summed E-state index contributed by atoms with van der Waals surface area (Å²) in [5.74, 6) is 2.26. The van der Waals surface area contributed by atoms with Crippen molar-refractivity contribution in [3.8, 4) is 0 Å². The van der Waals surface area contributed by atoms with E-state index in [0.717, 1.165) is 11.8 Å². The lowest BCUT2D eigenvalue weighted by molar-refractivity contribution is 0.462. The number of hydrogen-bond acceptors (Lipinski definition) is 0. The summed E-state index contributed by atoms with van der Waals surface area (Å²) >= 11 is 6.08. The molecule has 0 bridgehead atoms. The summed E-state index contributed by atoms with van der Waals surface area (Å²) in [6.45, 7) is 0. The van der Waals surface area contributed by atoms with Gasteiger partial charge < -0.3 is 0 Å². The van der Waals surface area contributed by atoms with Crippen LogP contribution in [0.3, 0.4) is 0 Å². The van der Waals surface area contributed by atoms with E-state index in [9.17, 15) is 0 Å². The second-order valence-electron chi connectivity index (χ2n) is 4.65. The molecule has 0 aromatic heterocycles. The van der Waals surface area contributed by atoms with Crippen LogP contribution in [0, 0.1) is 5.92 Å². The highest BCUT2D eigenvalue weighted by Crippen LogP contribution is 2.34. The Morgan fingerprint density at radius 2 is 1.80 bits per heavy atom. The van der Waals surface area contributed by atoms with Crippen molar-refractivity contribution < 1.29 is 0 Å². The van der Waals surface area contributed by atoms with Gasteiger partial charge in [0.25, 0.3) is 0 Å². The molecule has 1 unspecified atom stereocenters. The summed E-state index contributed by atoms with van der Waals surface area (Å²) < 4.78 is 0. The van der Waals surface area contributed by atoms with Crippen LogP contribution in [0.25, 0.3) is 0 Å². The Morgan fingerprint density at radius 1 is 1.13 bits per heavy atom. The fourth-order valence-electron chi connectivity index (χ4n) is 2.66. The molecular weight excluding hydrogens is 204 g/mol. The maximum atomic E-state index is 6.08. The Morgan fingerprint density at radius 3 is 2.40 bits per heavy atom. The molecule has 82 valence electrons. The zero-order chi connectivity index (χ0) is 10.5. The number of hydrogen-bond donors (Lipinski definition) is 0. The fourth-order valence-corrected chi connectivity index (χ4v) is 2.97. The van der Waals surface area contributed by atoms with E-state index in [1.165, 1.54) is 37.7 Å². The van der Waals surface area contributed by atoms with Crippen LogP contribution in [0.15, 0.2) is 30.3 Å². The second kappa shape index (κ2) is 5.55. The Balaban J connectivity index is 1.97. The minimum atomic E-state index is 0.566. The number of alkyl halides is 1. The minimum absolute atomic E-state index is 0.566. The second-order valence-corrected chi connectivity index (χ2v) is 4.96. The molecule has 1 aliphatic rings. The molecule has 0 spiro atoms. The average Bonchev–Trinajstić information content (AvgIpc) is 2.80. The molecule has 1 atom stereocenters. The van der Waals surface area contributed by atoms with Crippen molar-refractivity contribution in [2.45, 2.75) is 38.0 Å². The van der Waals surface area contributed by atoms with Crippen LogP contribution in [-0.2, 0) is 0 Å². The molecule has 0 radical (unpaired) electrons. The van der Waals surface area contributed by atoms with E-state index >= 15 is 0 Å². The van der Waals surface area contributed by atoms with Gasteiger partial charge in [0.1, 0.15) is 0 Å². The molecule has 15 heavy (non-hydrogen) atoms. The van der Waals surface area contributed by atoms with Gasteiger partial charge in [-0.25, -0.2) is 0 Å². The summed E-state index contributed by atoms with van der Waals surface area (Å²) in [5.41, 5.74) is 1.42. The summed E-state index contributed by atoms with van der Waals surface area (Å²) in [6.07, 6.45) is 6.97. The maximum Gasteiger partial charge on any atom is 0.0292 e. The summed E-state index contributed by atoms with van der Waals surface area (Å²) in [6, 6.07) is 10.7. The first-order valence-electron chi connectivity index (χ1n) is 6.01. The molecule has 1 aliphatic carbocycles. The first-order valence-corrected chi connectivity index (χ1v) is 6.54. The van der Waals surface area contributed by atoms with Gasteiger partial charge in [0.05, 0.1) is 0 Å². The molecule has 0 aliphatic heterocycles. The third-order valence-corrected chi connectivity index (χ3v) is 3.92. The molecule has 0 nitrogen and oxygen atoms in total. The third-order valence-electron chi connectivity index (χ3n) is 3.55. The SMILES string of the molecule is ClCC(CC1CCCC1)c1ccccc1. The smallest absolute Gasteiger partial charge is 0.0292 e. The largest absolute Gasteiger partial charge is 0.126 e. The monoisotopic (exact) mass is 222 g/mol. The zero-order valence-electron chi connectivity index (χ0n) is 9.16. The molecule has 0 amide bonds. The Kier molecular flexibility index (Phi) is 4.08. The molecule has 2 rings (SSSR count). The van der Waals surface area contributed by atoms with Gasteiger partial charge >= 0.3 is 0 Å². The first kappa shape index (κ1) is 11.0. The summed E-state index contributed by atoms with van der Waals surface area (Å²) in [5, 5.41) is 0. The van der Waals surface area contributed by atoms with E-state index in [1.54, 1.807) is 0 Å². The molecule has 1 heteroatoms. The van der Waals surface area contributed by atoms with Crippen molar-refractivity contribution in [2.24, 2.45) is 5.92 Å². The van der Waals surface area contributed by atoms with Crippen molar-refractivity contribution in [3.63, 3.8) is 0 Å². The molecule has 1 saturated carbocycles. The van der Waals surface area contributed by atoms with Crippen LogP contribution in [0.5, 0.6) is 0 Å². The predicted octanol–water partition coefficient (Wildman–Crippen LogP) is 4.59. The van der Waals surface area contributed by atoms with Gasteiger partial charge in [0, 0.05) is 5.88 Å². The fraction of sp³-hybridized carbons (Fsp3) is 0.571. The minimum Gasteiger partial charge on any atom is -0.126 e. The average molecular weight is 223 g/mol. The number of rotatable bonds is 4. The van der Waals surface area contributed by atoms with E-state index in [0.29, 0.717) is 5.92 Å². The van der Waals surface area contributed by atoms with E-state index in [2.05, 4.69) is 30.3 Å². The highest BCUT2D eigenvalue weighted by atomic mass is 35.5. The van der Waals surface area contributed by atoms with Gasteiger partial charge in [-0.1, -0.05) is 56.0 Å². The van der Waals surface area contributed by atoms with Gasteiger partial charge in [0.2, 0.25) is 0 Å². The molecule has 0 N–H and O–H groups in total. The van der Waals surface area contributed by atoms with Gasteiger partial charge in [-0.05, 0) is 23.8 Å². The first-order chi connectivity index (χ1) is 7.40. The van der Waals surface area contributed by atoms with Crippen molar-refractivity contribution in [3.05, 3.63) is 35.9 Å². The zero-order valence-corrected chi connectivity index (χ0v) is 9.92. The molecule has 1 aromatic carbocycles. The molecule has 0 saturated heterocycles. The lowest BCUT2D eigenvalue weighted by Crippen LogP contribution is -2.06. The van der Waals surface area contributed by atoms with Gasteiger partial charge in [-0.15, -0.1) is 11.6 Å². The van der Waals surface area contributed by atoms with Gasteiger partial charge in [0.15, 0.2) is 0 Å². The van der Waals surface area contributed by atoms with Crippen LogP contribution < -0.4 is 0 Å². The van der Waals surface area contributed by atoms with Crippen molar-refractivity contribution in [2.75, 3.05) is 5.88 Å². The van der Waals surface area contributed by atoms with Crippen LogP contribution in [-0.4, -0.2) is 5.88 Å².